The molecule has 2 amide bonds. The van der Waals surface area contributed by atoms with Gasteiger partial charge >= 0.3 is 18.3 Å². The lowest BCUT2D eigenvalue weighted by atomic mass is 10.1. The lowest BCUT2D eigenvalue weighted by Crippen LogP contribution is -2.45. The van der Waals surface area contributed by atoms with E-state index in [9.17, 15) is 14.4 Å². The zero-order valence-corrected chi connectivity index (χ0v) is 22.0. The molecule has 0 atom stereocenters. The first kappa shape index (κ1) is 28.2. The Labute approximate surface area is 209 Å². The molecule has 0 saturated heterocycles. The van der Waals surface area contributed by atoms with E-state index in [0.717, 1.165) is 4.57 Å². The average Bonchev–Trinajstić information content (AvgIpc) is 3.09. The molecule has 0 saturated carbocycles. The number of ether oxygens (including phenoxy) is 3. The summed E-state index contributed by atoms with van der Waals surface area (Å²) in [7, 11) is 0. The highest BCUT2D eigenvalue weighted by atomic mass is 16.6. The summed E-state index contributed by atoms with van der Waals surface area (Å²) in [6.07, 6.45) is -1.75. The minimum Gasteiger partial charge on any atom is -0.443 e. The van der Waals surface area contributed by atoms with Gasteiger partial charge in [-0.05, 0) is 67.8 Å². The zero-order chi connectivity index (χ0) is 27.5. The Kier molecular flexibility index (Phi) is 8.05. The highest BCUT2D eigenvalue weighted by molar-refractivity contribution is 6.09. The lowest BCUT2D eigenvalue weighted by Gasteiger charge is -2.28. The number of hydrogen-bond acceptors (Lipinski definition) is 8. The third-order valence-electron chi connectivity index (χ3n) is 3.99. The monoisotopic (exact) mass is 500 g/mol. The minimum atomic E-state index is -1.09. The van der Waals surface area contributed by atoms with Crippen LogP contribution < -0.4 is 4.90 Å². The number of carbonyl (C=O) groups excluding carboxylic acids is 3. The molecule has 0 unspecified atom stereocenters. The smallest absolute Gasteiger partial charge is 0.427 e. The Morgan fingerprint density at radius 3 is 1.75 bits per heavy atom. The SMILES string of the molecule is CC(C)(C)OC(=O)N(C(=O)OC(C)(C)C)c1ncc(-c2ccc(N=[N+]=[N-])cc2)n1C(=O)OC(C)(C)C. The van der Waals surface area contributed by atoms with Gasteiger partial charge in [-0.1, -0.05) is 29.4 Å². The second kappa shape index (κ2) is 10.3. The summed E-state index contributed by atoms with van der Waals surface area (Å²) in [5, 5.41) is 3.53. The number of hydrogen-bond donors (Lipinski definition) is 0. The standard InChI is InChI=1S/C24H32N6O6/c1-22(2,3)34-19(31)29-17(15-10-12-16(13-11-15)27-28-25)14-26-18(29)30(20(32)35-23(4,5)6)21(33)36-24(7,8)9/h10-14H,1-9H3. The fourth-order valence-electron chi connectivity index (χ4n) is 2.79. The van der Waals surface area contributed by atoms with Gasteiger partial charge in [0.1, 0.15) is 16.8 Å². The maximum Gasteiger partial charge on any atom is 0.427 e. The predicted octanol–water partition coefficient (Wildman–Crippen LogP) is 6.95. The number of imidazole rings is 1. The molecular formula is C24H32N6O6. The Balaban J connectivity index is 2.74. The average molecular weight is 501 g/mol. The molecule has 0 aliphatic rings. The molecule has 0 fully saturated rings. The molecule has 12 heteroatoms. The van der Waals surface area contributed by atoms with Crippen LogP contribution in [0.3, 0.4) is 0 Å². The first-order chi connectivity index (χ1) is 16.4. The number of anilines is 1. The van der Waals surface area contributed by atoms with Crippen LogP contribution in [0.4, 0.5) is 26.0 Å². The van der Waals surface area contributed by atoms with Crippen molar-refractivity contribution in [1.29, 1.82) is 0 Å². The zero-order valence-electron chi connectivity index (χ0n) is 22.0. The van der Waals surface area contributed by atoms with E-state index in [1.807, 2.05) is 0 Å². The van der Waals surface area contributed by atoms with Crippen molar-refractivity contribution in [2.24, 2.45) is 5.11 Å². The van der Waals surface area contributed by atoms with E-state index in [1.54, 1.807) is 86.6 Å². The molecule has 2 rings (SSSR count). The Hall–Kier alpha value is -4.05. The molecule has 0 N–H and O–H groups in total. The van der Waals surface area contributed by atoms with Crippen molar-refractivity contribution < 1.29 is 28.6 Å². The molecular weight excluding hydrogens is 468 g/mol. The Bertz CT molecular complexity index is 1150. The second-order valence-corrected chi connectivity index (χ2v) is 10.8. The van der Waals surface area contributed by atoms with Gasteiger partial charge in [0.2, 0.25) is 5.95 Å². The highest BCUT2D eigenvalue weighted by Gasteiger charge is 2.38. The second-order valence-electron chi connectivity index (χ2n) is 10.8. The van der Waals surface area contributed by atoms with Crippen molar-refractivity contribution in [3.8, 4) is 11.3 Å². The summed E-state index contributed by atoms with van der Waals surface area (Å²) < 4.78 is 17.4. The van der Waals surface area contributed by atoms with E-state index in [4.69, 9.17) is 19.7 Å². The number of amides is 2. The Morgan fingerprint density at radius 2 is 1.33 bits per heavy atom. The minimum absolute atomic E-state index is 0.212. The largest absolute Gasteiger partial charge is 0.443 e. The van der Waals surface area contributed by atoms with Gasteiger partial charge in [0, 0.05) is 16.2 Å². The molecule has 1 aromatic heterocycles. The molecule has 0 spiro atoms. The highest BCUT2D eigenvalue weighted by Crippen LogP contribution is 2.30. The van der Waals surface area contributed by atoms with Crippen LogP contribution in [-0.2, 0) is 14.2 Å². The molecule has 194 valence electrons. The van der Waals surface area contributed by atoms with Gasteiger partial charge in [0.05, 0.1) is 11.9 Å². The van der Waals surface area contributed by atoms with Crippen LogP contribution in [0.2, 0.25) is 0 Å². The number of imide groups is 1. The van der Waals surface area contributed by atoms with Crippen molar-refractivity contribution in [3.63, 3.8) is 0 Å². The fraction of sp³-hybridized carbons (Fsp3) is 0.500. The van der Waals surface area contributed by atoms with Gasteiger partial charge in [-0.25, -0.2) is 23.9 Å². The number of benzene rings is 1. The van der Waals surface area contributed by atoms with E-state index in [0.29, 0.717) is 16.2 Å². The number of aromatic nitrogens is 2. The van der Waals surface area contributed by atoms with Crippen LogP contribution in [0.5, 0.6) is 0 Å². The van der Waals surface area contributed by atoms with Gasteiger partial charge in [-0.3, -0.25) is 0 Å². The van der Waals surface area contributed by atoms with Gasteiger partial charge in [-0.15, -0.1) is 4.90 Å². The summed E-state index contributed by atoms with van der Waals surface area (Å²) >= 11 is 0. The summed E-state index contributed by atoms with van der Waals surface area (Å²) in [6.45, 7) is 14.8. The van der Waals surface area contributed by atoms with Gasteiger partial charge < -0.3 is 14.2 Å². The molecule has 0 aliphatic heterocycles. The van der Waals surface area contributed by atoms with E-state index < -0.39 is 35.1 Å². The van der Waals surface area contributed by atoms with Crippen molar-refractivity contribution in [2.45, 2.75) is 79.1 Å². The molecule has 0 aliphatic carbocycles. The first-order valence-corrected chi connectivity index (χ1v) is 11.1. The van der Waals surface area contributed by atoms with Crippen LogP contribution in [0.15, 0.2) is 35.6 Å². The molecule has 0 bridgehead atoms. The molecule has 1 aromatic carbocycles. The molecule has 2 aromatic rings. The number of rotatable bonds is 3. The summed E-state index contributed by atoms with van der Waals surface area (Å²) in [6, 6.07) is 6.27. The topological polar surface area (TPSA) is 149 Å². The first-order valence-electron chi connectivity index (χ1n) is 11.1. The van der Waals surface area contributed by atoms with Crippen LogP contribution in [0.1, 0.15) is 62.3 Å². The van der Waals surface area contributed by atoms with Crippen LogP contribution >= 0.6 is 0 Å². The third kappa shape index (κ3) is 7.74. The summed E-state index contributed by atoms with van der Waals surface area (Å²) in [5.41, 5.74) is 6.88. The van der Waals surface area contributed by atoms with Crippen LogP contribution in [0, 0.1) is 0 Å². The Morgan fingerprint density at radius 1 is 0.861 bits per heavy atom. The van der Waals surface area contributed by atoms with Crippen molar-refractivity contribution in [3.05, 3.63) is 40.9 Å². The van der Waals surface area contributed by atoms with Crippen molar-refractivity contribution in [1.82, 2.24) is 9.55 Å². The van der Waals surface area contributed by atoms with Crippen LogP contribution in [0.25, 0.3) is 21.7 Å². The lowest BCUT2D eigenvalue weighted by molar-refractivity contribution is 0.0423. The maximum absolute atomic E-state index is 13.3. The number of azide groups is 1. The summed E-state index contributed by atoms with van der Waals surface area (Å²) in [4.78, 5) is 47.2. The quantitative estimate of drug-likeness (QED) is 0.191. The molecule has 0 radical (unpaired) electrons. The summed E-state index contributed by atoms with van der Waals surface area (Å²) in [5.74, 6) is -0.373. The van der Waals surface area contributed by atoms with E-state index in [1.165, 1.54) is 6.20 Å². The van der Waals surface area contributed by atoms with Crippen LogP contribution in [-0.4, -0.2) is 44.6 Å². The number of nitrogens with zero attached hydrogens (tertiary/aromatic N) is 6. The van der Waals surface area contributed by atoms with E-state index in [2.05, 4.69) is 15.0 Å². The maximum atomic E-state index is 13.3. The van der Waals surface area contributed by atoms with E-state index >= 15 is 0 Å². The van der Waals surface area contributed by atoms with Crippen molar-refractivity contribution >= 4 is 29.9 Å². The third-order valence-corrected chi connectivity index (χ3v) is 3.99. The van der Waals surface area contributed by atoms with Gasteiger partial charge in [0.15, 0.2) is 0 Å². The van der Waals surface area contributed by atoms with Gasteiger partial charge in [-0.2, -0.15) is 0 Å². The molecule has 36 heavy (non-hydrogen) atoms. The molecule has 1 heterocycles. The van der Waals surface area contributed by atoms with Crippen molar-refractivity contribution in [2.75, 3.05) is 4.90 Å². The van der Waals surface area contributed by atoms with E-state index in [-0.39, 0.29) is 11.6 Å². The predicted molar refractivity (Wildman–Crippen MR) is 133 cm³/mol. The fourth-order valence-corrected chi connectivity index (χ4v) is 2.79. The van der Waals surface area contributed by atoms with Gasteiger partial charge in [0.25, 0.3) is 0 Å². The molecule has 12 nitrogen and oxygen atoms in total. The normalized spacial score (nSPS) is 11.8. The number of carbonyl (C=O) groups is 3.